The van der Waals surface area contributed by atoms with E-state index in [-0.39, 0.29) is 5.82 Å². The second kappa shape index (κ2) is 7.74. The number of benzene rings is 1. The van der Waals surface area contributed by atoms with Crippen LogP contribution in [0.3, 0.4) is 0 Å². The molecule has 0 amide bonds. The van der Waals surface area contributed by atoms with Crippen molar-refractivity contribution in [3.05, 3.63) is 35.6 Å². The Hall–Kier alpha value is -1.16. The van der Waals surface area contributed by atoms with Crippen LogP contribution in [0.1, 0.15) is 51.5 Å². The number of rotatable bonds is 5. The summed E-state index contributed by atoms with van der Waals surface area (Å²) in [6, 6.07) is 7.64. The minimum atomic E-state index is -0.188. The second-order valence-corrected chi connectivity index (χ2v) is 6.34. The summed E-state index contributed by atoms with van der Waals surface area (Å²) in [5.41, 5.74) is 1.11. The summed E-state index contributed by atoms with van der Waals surface area (Å²) < 4.78 is 13.0. The normalized spacial score (nSPS) is 16.7. The van der Waals surface area contributed by atoms with Crippen molar-refractivity contribution in [2.75, 3.05) is 0 Å². The van der Waals surface area contributed by atoms with Gasteiger partial charge in [-0.2, -0.15) is 0 Å². The van der Waals surface area contributed by atoms with Gasteiger partial charge in [0.25, 0.3) is 0 Å². The molecule has 0 aliphatic heterocycles. The van der Waals surface area contributed by atoms with Crippen LogP contribution in [0.5, 0.6) is 0 Å². The molecule has 1 N–H and O–H groups in total. The molecule has 116 valence electrons. The third kappa shape index (κ3) is 4.67. The van der Waals surface area contributed by atoms with Gasteiger partial charge in [-0.05, 0) is 56.1 Å². The van der Waals surface area contributed by atoms with Crippen molar-refractivity contribution in [3.8, 4) is 0 Å². The molecule has 1 aliphatic rings. The lowest BCUT2D eigenvalue weighted by Gasteiger charge is -2.33. The van der Waals surface area contributed by atoms with E-state index in [0.717, 1.165) is 23.6 Å². The maximum absolute atomic E-state index is 13.0. The zero-order valence-electron chi connectivity index (χ0n) is 12.9. The Morgan fingerprint density at radius 1 is 1.33 bits per heavy atom. The monoisotopic (exact) mass is 308 g/mol. The van der Waals surface area contributed by atoms with Crippen LogP contribution in [0.2, 0.25) is 0 Å². The van der Waals surface area contributed by atoms with Crippen molar-refractivity contribution in [2.45, 2.75) is 64.6 Å². The van der Waals surface area contributed by atoms with E-state index in [1.165, 1.54) is 37.8 Å². The van der Waals surface area contributed by atoms with Gasteiger partial charge in [-0.15, -0.1) is 0 Å². The van der Waals surface area contributed by atoms with E-state index in [0.29, 0.717) is 12.1 Å². The molecule has 0 bridgehead atoms. The molecular formula is C17H25FN2S. The lowest BCUT2D eigenvalue weighted by Crippen LogP contribution is -2.47. The summed E-state index contributed by atoms with van der Waals surface area (Å²) in [6.45, 7) is 5.06. The Morgan fingerprint density at radius 2 is 1.95 bits per heavy atom. The van der Waals surface area contributed by atoms with E-state index < -0.39 is 0 Å². The Labute approximate surface area is 132 Å². The Morgan fingerprint density at radius 3 is 2.52 bits per heavy atom. The first kappa shape index (κ1) is 16.2. The topological polar surface area (TPSA) is 15.3 Å². The van der Waals surface area contributed by atoms with E-state index in [4.69, 9.17) is 12.2 Å². The van der Waals surface area contributed by atoms with Crippen LogP contribution in [-0.4, -0.2) is 22.1 Å². The Kier molecular flexibility index (Phi) is 5.97. The van der Waals surface area contributed by atoms with Gasteiger partial charge in [0.2, 0.25) is 0 Å². The van der Waals surface area contributed by atoms with Crippen LogP contribution in [0, 0.1) is 5.82 Å². The van der Waals surface area contributed by atoms with Crippen molar-refractivity contribution >= 4 is 17.3 Å². The molecule has 0 spiro atoms. The molecule has 0 aromatic heterocycles. The zero-order chi connectivity index (χ0) is 15.2. The first-order chi connectivity index (χ1) is 10.1. The number of thiocarbonyl (C=S) groups is 1. The number of nitrogens with zero attached hydrogens (tertiary/aromatic N) is 1. The summed E-state index contributed by atoms with van der Waals surface area (Å²) in [5.74, 6) is -0.188. The highest BCUT2D eigenvalue weighted by Gasteiger charge is 2.25. The van der Waals surface area contributed by atoms with Crippen molar-refractivity contribution in [3.63, 3.8) is 0 Å². The summed E-state index contributed by atoms with van der Waals surface area (Å²) in [7, 11) is 0. The molecule has 1 saturated carbocycles. The Balaban J connectivity index is 2.07. The van der Waals surface area contributed by atoms with Crippen LogP contribution >= 0.6 is 12.2 Å². The fourth-order valence-corrected chi connectivity index (χ4v) is 3.18. The van der Waals surface area contributed by atoms with Crippen LogP contribution in [0.4, 0.5) is 4.39 Å². The maximum atomic E-state index is 13.0. The van der Waals surface area contributed by atoms with Gasteiger partial charge in [0.05, 0.1) is 0 Å². The SMILES string of the molecule is CCC(C)NC(=S)N(Cc1ccc(F)cc1)C1CCCC1. The van der Waals surface area contributed by atoms with Gasteiger partial charge in [-0.1, -0.05) is 31.9 Å². The minimum Gasteiger partial charge on any atom is -0.360 e. The summed E-state index contributed by atoms with van der Waals surface area (Å²) in [4.78, 5) is 2.29. The number of hydrogen-bond acceptors (Lipinski definition) is 1. The molecule has 1 aliphatic carbocycles. The largest absolute Gasteiger partial charge is 0.360 e. The molecule has 1 fully saturated rings. The van der Waals surface area contributed by atoms with Crippen molar-refractivity contribution < 1.29 is 4.39 Å². The van der Waals surface area contributed by atoms with E-state index in [1.807, 2.05) is 12.1 Å². The fourth-order valence-electron chi connectivity index (χ4n) is 2.76. The van der Waals surface area contributed by atoms with Crippen molar-refractivity contribution in [1.29, 1.82) is 0 Å². The highest BCUT2D eigenvalue weighted by molar-refractivity contribution is 7.80. The fraction of sp³-hybridized carbons (Fsp3) is 0.588. The molecule has 0 saturated heterocycles. The lowest BCUT2D eigenvalue weighted by molar-refractivity contribution is 0.300. The van der Waals surface area contributed by atoms with Crippen LogP contribution in [-0.2, 0) is 6.54 Å². The van der Waals surface area contributed by atoms with Crippen LogP contribution in [0.25, 0.3) is 0 Å². The predicted molar refractivity (Wildman–Crippen MR) is 89.7 cm³/mol. The van der Waals surface area contributed by atoms with Crippen LogP contribution < -0.4 is 5.32 Å². The number of nitrogens with one attached hydrogen (secondary N) is 1. The molecule has 1 aromatic rings. The second-order valence-electron chi connectivity index (χ2n) is 5.95. The standard InChI is InChI=1S/C17H25FN2S/c1-3-13(2)19-17(21)20(16-6-4-5-7-16)12-14-8-10-15(18)11-9-14/h8-11,13,16H,3-7,12H2,1-2H3,(H,19,21). The van der Waals surface area contributed by atoms with E-state index >= 15 is 0 Å². The van der Waals surface area contributed by atoms with Crippen molar-refractivity contribution in [1.82, 2.24) is 10.2 Å². The zero-order valence-corrected chi connectivity index (χ0v) is 13.8. The summed E-state index contributed by atoms with van der Waals surface area (Å²) >= 11 is 5.62. The molecule has 1 atom stereocenters. The quantitative estimate of drug-likeness (QED) is 0.819. The van der Waals surface area contributed by atoms with E-state index in [9.17, 15) is 4.39 Å². The average molecular weight is 308 g/mol. The summed E-state index contributed by atoms with van der Waals surface area (Å²) in [5, 5.41) is 4.26. The Bertz CT molecular complexity index is 454. The van der Waals surface area contributed by atoms with Gasteiger partial charge >= 0.3 is 0 Å². The highest BCUT2D eigenvalue weighted by atomic mass is 32.1. The van der Waals surface area contributed by atoms with Crippen molar-refractivity contribution in [2.24, 2.45) is 0 Å². The third-order valence-corrected chi connectivity index (χ3v) is 4.63. The smallest absolute Gasteiger partial charge is 0.169 e. The van der Waals surface area contributed by atoms with Gasteiger partial charge in [0.15, 0.2) is 5.11 Å². The average Bonchev–Trinajstić information content (AvgIpc) is 3.00. The maximum Gasteiger partial charge on any atom is 0.169 e. The predicted octanol–water partition coefficient (Wildman–Crippen LogP) is 4.24. The molecular weight excluding hydrogens is 283 g/mol. The first-order valence-electron chi connectivity index (χ1n) is 7.91. The van der Waals surface area contributed by atoms with Gasteiger partial charge in [0.1, 0.15) is 5.82 Å². The highest BCUT2D eigenvalue weighted by Crippen LogP contribution is 2.25. The van der Waals surface area contributed by atoms with Gasteiger partial charge in [-0.25, -0.2) is 4.39 Å². The molecule has 2 rings (SSSR count). The molecule has 1 unspecified atom stereocenters. The summed E-state index contributed by atoms with van der Waals surface area (Å²) in [6.07, 6.45) is 6.00. The molecule has 0 radical (unpaired) electrons. The molecule has 4 heteroatoms. The third-order valence-electron chi connectivity index (χ3n) is 4.27. The number of hydrogen-bond donors (Lipinski definition) is 1. The molecule has 2 nitrogen and oxygen atoms in total. The van der Waals surface area contributed by atoms with Crippen LogP contribution in [0.15, 0.2) is 24.3 Å². The van der Waals surface area contributed by atoms with Gasteiger partial charge < -0.3 is 10.2 Å². The van der Waals surface area contributed by atoms with E-state index in [2.05, 4.69) is 24.1 Å². The van der Waals surface area contributed by atoms with E-state index in [1.54, 1.807) is 0 Å². The molecule has 21 heavy (non-hydrogen) atoms. The van der Waals surface area contributed by atoms with Gasteiger partial charge in [-0.3, -0.25) is 0 Å². The minimum absolute atomic E-state index is 0.188. The molecule has 1 aromatic carbocycles. The van der Waals surface area contributed by atoms with Gasteiger partial charge in [0, 0.05) is 18.6 Å². The molecule has 0 heterocycles. The first-order valence-corrected chi connectivity index (χ1v) is 8.32. The number of halogens is 1. The lowest BCUT2D eigenvalue weighted by atomic mass is 10.1.